The molecule has 8 heteroatoms. The van der Waals surface area contributed by atoms with Crippen molar-refractivity contribution in [3.05, 3.63) is 59.7 Å². The summed E-state index contributed by atoms with van der Waals surface area (Å²) in [6, 6.07) is 15.1. The molecule has 0 fully saturated rings. The smallest absolute Gasteiger partial charge is 0.338 e. The molecule has 0 aromatic heterocycles. The fraction of sp³-hybridized carbons (Fsp3) is 0.667. The molecule has 0 heterocycles. The van der Waals surface area contributed by atoms with Gasteiger partial charge in [0.1, 0.15) is 12.2 Å². The maximum atomic E-state index is 13.5. The molecule has 0 aliphatic carbocycles. The third-order valence-corrected chi connectivity index (χ3v) is 11.4. The van der Waals surface area contributed by atoms with Crippen molar-refractivity contribution >= 4 is 23.1 Å². The highest BCUT2D eigenvalue weighted by molar-refractivity contribution is 6.02. The molecule has 2 aromatic rings. The average molecular weight is 697 g/mol. The van der Waals surface area contributed by atoms with Gasteiger partial charge in [-0.3, -0.25) is 4.79 Å². The number of benzene rings is 2. The van der Waals surface area contributed by atoms with Gasteiger partial charge in [-0.05, 0) is 127 Å². The molecule has 8 nitrogen and oxygen atoms in total. The SMILES string of the molecule is CCC(C)(OC(C)CC(C)(CC)C(C)(C)OCCOC(=O)c1ccc(N(C)C)cc1)C(C)CCO[C@@](C)(CC)C(=O)c1ccc(N(C)C)cc1. The first-order valence-corrected chi connectivity index (χ1v) is 18.5. The highest BCUT2D eigenvalue weighted by atomic mass is 16.6. The van der Waals surface area contributed by atoms with Crippen LogP contribution < -0.4 is 9.80 Å². The number of anilines is 2. The number of ketones is 1. The molecule has 0 aliphatic rings. The monoisotopic (exact) mass is 697 g/mol. The summed E-state index contributed by atoms with van der Waals surface area (Å²) in [5.41, 5.74) is 1.35. The Hall–Kier alpha value is -2.94. The van der Waals surface area contributed by atoms with Crippen LogP contribution in [0.4, 0.5) is 11.4 Å². The Bertz CT molecular complexity index is 1340. The van der Waals surface area contributed by atoms with Gasteiger partial charge in [0.15, 0.2) is 5.78 Å². The standard InChI is InChI=1S/C42H68N2O6/c1-15-40(8,39(6,7)48-29-28-47-38(46)34-20-24-36(25-21-34)44(13)14)30-32(5)50-41(9,16-2)31(4)26-27-49-42(10,17-3)37(45)33-18-22-35(23-19-33)43(11)12/h18-25,31-32H,15-17,26-30H2,1-14H3/t31?,32?,40?,41?,42-/m0/s1. The first-order valence-electron chi connectivity index (χ1n) is 18.5. The van der Waals surface area contributed by atoms with Crippen LogP contribution in [-0.4, -0.2) is 82.7 Å². The number of carbonyl (C=O) groups is 2. The van der Waals surface area contributed by atoms with Crippen molar-refractivity contribution in [3.8, 4) is 0 Å². The van der Waals surface area contributed by atoms with Gasteiger partial charge in [0.25, 0.3) is 0 Å². The fourth-order valence-corrected chi connectivity index (χ4v) is 6.39. The van der Waals surface area contributed by atoms with Crippen molar-refractivity contribution in [2.75, 3.05) is 57.8 Å². The van der Waals surface area contributed by atoms with Crippen molar-refractivity contribution in [1.29, 1.82) is 0 Å². The normalized spacial score (nSPS) is 16.8. The summed E-state index contributed by atoms with van der Waals surface area (Å²) in [6.07, 6.45) is 3.91. The number of ether oxygens (including phenoxy) is 4. The largest absolute Gasteiger partial charge is 0.460 e. The maximum absolute atomic E-state index is 13.5. The molecule has 0 aliphatic heterocycles. The summed E-state index contributed by atoms with van der Waals surface area (Å²) in [5, 5.41) is 0. The molecular formula is C42H68N2O6. The van der Waals surface area contributed by atoms with E-state index in [1.165, 1.54) is 0 Å². The van der Waals surface area contributed by atoms with Gasteiger partial charge >= 0.3 is 5.97 Å². The van der Waals surface area contributed by atoms with Crippen molar-refractivity contribution < 1.29 is 28.5 Å². The number of Topliss-reactive ketones (excluding diaryl/α,β-unsaturated/α-hetero) is 1. The first-order chi connectivity index (χ1) is 23.3. The molecule has 0 radical (unpaired) electrons. The van der Waals surface area contributed by atoms with Gasteiger partial charge in [0.2, 0.25) is 0 Å². The Balaban J connectivity index is 1.95. The number of rotatable bonds is 22. The van der Waals surface area contributed by atoms with Crippen LogP contribution in [0.25, 0.3) is 0 Å². The second kappa shape index (κ2) is 18.5. The lowest BCUT2D eigenvalue weighted by molar-refractivity contribution is -0.161. The van der Waals surface area contributed by atoms with Crippen LogP contribution in [0.15, 0.2) is 48.5 Å². The highest BCUT2D eigenvalue weighted by Crippen LogP contribution is 2.43. The van der Waals surface area contributed by atoms with Crippen LogP contribution in [0.5, 0.6) is 0 Å². The zero-order chi connectivity index (χ0) is 37.9. The number of nitrogens with zero attached hydrogens (tertiary/aromatic N) is 2. The Labute approximate surface area is 304 Å². The molecular weight excluding hydrogens is 628 g/mol. The van der Waals surface area contributed by atoms with Gasteiger partial charge < -0.3 is 28.7 Å². The zero-order valence-electron chi connectivity index (χ0n) is 33.8. The van der Waals surface area contributed by atoms with E-state index >= 15 is 0 Å². The Morgan fingerprint density at radius 1 is 0.680 bits per heavy atom. The minimum Gasteiger partial charge on any atom is -0.460 e. The van der Waals surface area contributed by atoms with Gasteiger partial charge in [-0.15, -0.1) is 0 Å². The van der Waals surface area contributed by atoms with E-state index < -0.39 is 11.2 Å². The van der Waals surface area contributed by atoms with Crippen LogP contribution in [0.1, 0.15) is 122 Å². The second-order valence-electron chi connectivity index (χ2n) is 15.5. The molecule has 50 heavy (non-hydrogen) atoms. The number of hydrogen-bond acceptors (Lipinski definition) is 8. The third-order valence-electron chi connectivity index (χ3n) is 11.4. The predicted molar refractivity (Wildman–Crippen MR) is 207 cm³/mol. The summed E-state index contributed by atoms with van der Waals surface area (Å²) < 4.78 is 25.2. The third kappa shape index (κ3) is 11.3. The van der Waals surface area contributed by atoms with E-state index in [1.807, 2.05) is 88.2 Å². The van der Waals surface area contributed by atoms with Crippen LogP contribution in [0, 0.1) is 11.3 Å². The lowest BCUT2D eigenvalue weighted by Crippen LogP contribution is -2.48. The zero-order valence-corrected chi connectivity index (χ0v) is 33.8. The minimum absolute atomic E-state index is 0.0119. The van der Waals surface area contributed by atoms with Gasteiger partial charge in [0, 0.05) is 51.7 Å². The van der Waals surface area contributed by atoms with Gasteiger partial charge in [-0.25, -0.2) is 4.79 Å². The molecule has 2 aromatic carbocycles. The first kappa shape index (κ1) is 43.2. The number of esters is 1. The number of hydrogen-bond donors (Lipinski definition) is 0. The summed E-state index contributed by atoms with van der Waals surface area (Å²) in [6.45, 7) is 22.3. The lowest BCUT2D eigenvalue weighted by atomic mass is 9.69. The molecule has 0 bridgehead atoms. The van der Waals surface area contributed by atoms with E-state index in [9.17, 15) is 9.59 Å². The summed E-state index contributed by atoms with van der Waals surface area (Å²) in [5.74, 6) is -0.134. The van der Waals surface area contributed by atoms with Crippen LogP contribution >= 0.6 is 0 Å². The van der Waals surface area contributed by atoms with Crippen molar-refractivity contribution in [2.45, 2.75) is 124 Å². The van der Waals surface area contributed by atoms with Crippen molar-refractivity contribution in [1.82, 2.24) is 0 Å². The predicted octanol–water partition coefficient (Wildman–Crippen LogP) is 9.25. The van der Waals surface area contributed by atoms with Crippen molar-refractivity contribution in [3.63, 3.8) is 0 Å². The van der Waals surface area contributed by atoms with E-state index in [1.54, 1.807) is 12.1 Å². The Kier molecular flexibility index (Phi) is 16.0. The summed E-state index contributed by atoms with van der Waals surface area (Å²) in [7, 11) is 7.90. The highest BCUT2D eigenvalue weighted by Gasteiger charge is 2.43. The Morgan fingerprint density at radius 2 is 1.20 bits per heavy atom. The molecule has 2 rings (SSSR count). The molecule has 282 valence electrons. The minimum atomic E-state index is -0.888. The topological polar surface area (TPSA) is 77.5 Å². The van der Waals surface area contributed by atoms with Crippen LogP contribution in [0.3, 0.4) is 0 Å². The van der Waals surface area contributed by atoms with E-state index in [2.05, 4.69) is 55.4 Å². The average Bonchev–Trinajstić information content (AvgIpc) is 3.09. The van der Waals surface area contributed by atoms with Gasteiger partial charge in [-0.1, -0.05) is 34.6 Å². The second-order valence-corrected chi connectivity index (χ2v) is 15.5. The molecule has 0 spiro atoms. The van der Waals surface area contributed by atoms with E-state index in [0.717, 1.165) is 37.1 Å². The lowest BCUT2D eigenvalue weighted by Gasteiger charge is -2.46. The molecule has 4 unspecified atom stereocenters. The van der Waals surface area contributed by atoms with Crippen LogP contribution in [0.2, 0.25) is 0 Å². The Morgan fingerprint density at radius 3 is 1.66 bits per heavy atom. The molecule has 0 N–H and O–H groups in total. The van der Waals surface area contributed by atoms with Gasteiger partial charge in [-0.2, -0.15) is 0 Å². The molecule has 0 amide bonds. The molecule has 0 saturated heterocycles. The van der Waals surface area contributed by atoms with Gasteiger partial charge in [0.05, 0.1) is 29.5 Å². The van der Waals surface area contributed by atoms with Crippen LogP contribution in [-0.2, 0) is 18.9 Å². The van der Waals surface area contributed by atoms with E-state index in [0.29, 0.717) is 30.8 Å². The molecule has 5 atom stereocenters. The van der Waals surface area contributed by atoms with E-state index in [-0.39, 0.29) is 41.4 Å². The van der Waals surface area contributed by atoms with E-state index in [4.69, 9.17) is 18.9 Å². The fourth-order valence-electron chi connectivity index (χ4n) is 6.39. The summed E-state index contributed by atoms with van der Waals surface area (Å²) in [4.78, 5) is 30.1. The quantitative estimate of drug-likeness (QED) is 0.0685. The van der Waals surface area contributed by atoms with Crippen molar-refractivity contribution in [2.24, 2.45) is 11.3 Å². The maximum Gasteiger partial charge on any atom is 0.338 e. The number of carbonyl (C=O) groups excluding carboxylic acids is 2. The molecule has 0 saturated carbocycles. The summed E-state index contributed by atoms with van der Waals surface area (Å²) >= 11 is 0.